The topological polar surface area (TPSA) is 111 Å². The van der Waals surface area contributed by atoms with Crippen molar-refractivity contribution in [3.05, 3.63) is 60.2 Å². The molecule has 30 heavy (non-hydrogen) atoms. The van der Waals surface area contributed by atoms with E-state index in [2.05, 4.69) is 26.0 Å². The second-order valence-corrected chi connectivity index (χ2v) is 6.58. The van der Waals surface area contributed by atoms with E-state index in [1.807, 2.05) is 54.6 Å². The Balaban J connectivity index is 1.32. The van der Waals surface area contributed by atoms with Crippen molar-refractivity contribution in [1.82, 2.24) is 30.8 Å². The van der Waals surface area contributed by atoms with Crippen LogP contribution in [0.25, 0.3) is 11.4 Å². The number of hydrogen-bond acceptors (Lipinski definition) is 6. The van der Waals surface area contributed by atoms with Crippen LogP contribution in [0.3, 0.4) is 0 Å². The lowest BCUT2D eigenvalue weighted by atomic mass is 10.2. The van der Waals surface area contributed by atoms with E-state index >= 15 is 0 Å². The summed E-state index contributed by atoms with van der Waals surface area (Å²) in [5, 5.41) is 17.7. The molecule has 2 amide bonds. The second kappa shape index (κ2) is 10.7. The van der Waals surface area contributed by atoms with Gasteiger partial charge in [-0.2, -0.15) is 4.80 Å². The predicted octanol–water partition coefficient (Wildman–Crippen LogP) is 1.56. The maximum atomic E-state index is 11.9. The lowest BCUT2D eigenvalue weighted by Gasteiger charge is -2.08. The number of rotatable bonds is 10. The number of amides is 2. The zero-order valence-corrected chi connectivity index (χ0v) is 16.7. The average molecular weight is 408 g/mol. The Hall–Kier alpha value is -3.75. The van der Waals surface area contributed by atoms with Crippen LogP contribution in [0.5, 0.6) is 5.75 Å². The Morgan fingerprint density at radius 3 is 2.50 bits per heavy atom. The molecule has 3 aromatic rings. The van der Waals surface area contributed by atoms with Crippen LogP contribution in [0.1, 0.15) is 18.4 Å². The number of aromatic nitrogens is 4. The van der Waals surface area contributed by atoms with Crippen LogP contribution in [0.2, 0.25) is 0 Å². The third-order valence-corrected chi connectivity index (χ3v) is 4.34. The summed E-state index contributed by atoms with van der Waals surface area (Å²) in [6.45, 7) is 0.798. The van der Waals surface area contributed by atoms with Gasteiger partial charge in [-0.05, 0) is 29.3 Å². The van der Waals surface area contributed by atoms with Crippen molar-refractivity contribution < 1.29 is 14.3 Å². The summed E-state index contributed by atoms with van der Waals surface area (Å²) in [7, 11) is 1.60. The lowest BCUT2D eigenvalue weighted by Crippen LogP contribution is -2.36. The summed E-state index contributed by atoms with van der Waals surface area (Å²) < 4.78 is 5.09. The van der Waals surface area contributed by atoms with E-state index in [0.29, 0.717) is 25.3 Å². The number of tetrazole rings is 1. The summed E-state index contributed by atoms with van der Waals surface area (Å²) in [4.78, 5) is 25.3. The first-order valence-corrected chi connectivity index (χ1v) is 9.63. The fourth-order valence-electron chi connectivity index (χ4n) is 2.70. The minimum Gasteiger partial charge on any atom is -0.497 e. The Kier molecular flexibility index (Phi) is 7.48. The fraction of sp³-hybridized carbons (Fsp3) is 0.286. The highest BCUT2D eigenvalue weighted by Gasteiger charge is 2.08. The molecule has 1 aromatic heterocycles. The molecule has 0 aliphatic heterocycles. The van der Waals surface area contributed by atoms with E-state index in [1.54, 1.807) is 7.11 Å². The molecule has 9 heteroatoms. The molecule has 2 aromatic carbocycles. The number of methoxy groups -OCH3 is 1. The number of carbonyl (C=O) groups excluding carboxylic acids is 2. The molecule has 0 unspecified atom stereocenters. The molecule has 0 radical (unpaired) electrons. The van der Waals surface area contributed by atoms with E-state index in [-0.39, 0.29) is 24.8 Å². The van der Waals surface area contributed by atoms with Gasteiger partial charge in [-0.3, -0.25) is 9.59 Å². The van der Waals surface area contributed by atoms with Gasteiger partial charge in [0, 0.05) is 18.5 Å². The van der Waals surface area contributed by atoms with Crippen LogP contribution in [0.15, 0.2) is 54.6 Å². The van der Waals surface area contributed by atoms with E-state index in [4.69, 9.17) is 4.74 Å². The van der Waals surface area contributed by atoms with Gasteiger partial charge in [0.2, 0.25) is 17.6 Å². The number of benzene rings is 2. The first-order valence-electron chi connectivity index (χ1n) is 9.63. The molecule has 0 spiro atoms. The van der Waals surface area contributed by atoms with Gasteiger partial charge in [-0.15, -0.1) is 10.2 Å². The van der Waals surface area contributed by atoms with E-state index < -0.39 is 0 Å². The first-order chi connectivity index (χ1) is 14.6. The fourth-order valence-corrected chi connectivity index (χ4v) is 2.70. The lowest BCUT2D eigenvalue weighted by molar-refractivity contribution is -0.126. The molecule has 0 saturated heterocycles. The van der Waals surface area contributed by atoms with Crippen molar-refractivity contribution in [2.24, 2.45) is 0 Å². The van der Waals surface area contributed by atoms with Crippen molar-refractivity contribution in [2.45, 2.75) is 25.9 Å². The summed E-state index contributed by atoms with van der Waals surface area (Å²) >= 11 is 0. The SMILES string of the molecule is COc1ccc(CNC(=O)CNC(=O)CCCn2nnc(-c3ccccc3)n2)cc1. The third kappa shape index (κ3) is 6.40. The summed E-state index contributed by atoms with van der Waals surface area (Å²) in [6, 6.07) is 17.0. The smallest absolute Gasteiger partial charge is 0.239 e. The highest BCUT2D eigenvalue weighted by molar-refractivity contribution is 5.84. The van der Waals surface area contributed by atoms with Gasteiger partial charge in [0.15, 0.2) is 0 Å². The summed E-state index contributed by atoms with van der Waals surface area (Å²) in [6.07, 6.45) is 0.817. The monoisotopic (exact) mass is 408 g/mol. The molecule has 0 saturated carbocycles. The Morgan fingerprint density at radius 1 is 1.00 bits per heavy atom. The average Bonchev–Trinajstić information content (AvgIpc) is 3.26. The Morgan fingerprint density at radius 2 is 1.77 bits per heavy atom. The van der Waals surface area contributed by atoms with Gasteiger partial charge in [0.1, 0.15) is 5.75 Å². The van der Waals surface area contributed by atoms with E-state index in [9.17, 15) is 9.59 Å². The van der Waals surface area contributed by atoms with Gasteiger partial charge in [-0.25, -0.2) is 0 Å². The second-order valence-electron chi connectivity index (χ2n) is 6.58. The molecule has 3 rings (SSSR count). The van der Waals surface area contributed by atoms with Crippen molar-refractivity contribution >= 4 is 11.8 Å². The third-order valence-electron chi connectivity index (χ3n) is 4.34. The highest BCUT2D eigenvalue weighted by Crippen LogP contribution is 2.12. The van der Waals surface area contributed by atoms with Crippen molar-refractivity contribution in [3.63, 3.8) is 0 Å². The van der Waals surface area contributed by atoms with Gasteiger partial charge in [0.25, 0.3) is 0 Å². The van der Waals surface area contributed by atoms with Crippen LogP contribution < -0.4 is 15.4 Å². The zero-order valence-electron chi connectivity index (χ0n) is 16.7. The normalized spacial score (nSPS) is 10.4. The molecule has 0 aliphatic rings. The van der Waals surface area contributed by atoms with Crippen molar-refractivity contribution in [1.29, 1.82) is 0 Å². The number of nitrogens with zero attached hydrogens (tertiary/aromatic N) is 4. The molecule has 0 fully saturated rings. The molecular formula is C21H24N6O3. The molecule has 0 bridgehead atoms. The van der Waals surface area contributed by atoms with E-state index in [1.165, 1.54) is 4.80 Å². The minimum absolute atomic E-state index is 0.0608. The standard InChI is InChI=1S/C21H24N6O3/c1-30-18-11-9-16(10-12-18)14-22-20(29)15-23-19(28)8-5-13-27-25-21(24-26-27)17-6-3-2-4-7-17/h2-4,6-7,9-12H,5,8,13-15H2,1H3,(H,22,29)(H,23,28). The molecular weight excluding hydrogens is 384 g/mol. The van der Waals surface area contributed by atoms with Crippen LogP contribution in [-0.4, -0.2) is 45.7 Å². The van der Waals surface area contributed by atoms with Crippen molar-refractivity contribution in [3.8, 4) is 17.1 Å². The molecule has 9 nitrogen and oxygen atoms in total. The quantitative estimate of drug-likeness (QED) is 0.527. The summed E-state index contributed by atoms with van der Waals surface area (Å²) in [5.74, 6) is 0.867. The number of nitrogens with one attached hydrogen (secondary N) is 2. The molecule has 1 heterocycles. The van der Waals surface area contributed by atoms with Crippen LogP contribution in [0, 0.1) is 0 Å². The number of aryl methyl sites for hydroxylation is 1. The molecule has 0 atom stereocenters. The molecule has 156 valence electrons. The van der Waals surface area contributed by atoms with Crippen LogP contribution in [0.4, 0.5) is 0 Å². The van der Waals surface area contributed by atoms with Gasteiger partial charge in [-0.1, -0.05) is 42.5 Å². The van der Waals surface area contributed by atoms with Crippen LogP contribution >= 0.6 is 0 Å². The van der Waals surface area contributed by atoms with Crippen LogP contribution in [-0.2, 0) is 22.7 Å². The Bertz CT molecular complexity index is 956. The largest absolute Gasteiger partial charge is 0.497 e. The minimum atomic E-state index is -0.246. The number of hydrogen-bond donors (Lipinski definition) is 2. The van der Waals surface area contributed by atoms with Gasteiger partial charge < -0.3 is 15.4 Å². The predicted molar refractivity (Wildman–Crippen MR) is 110 cm³/mol. The summed E-state index contributed by atoms with van der Waals surface area (Å²) in [5.41, 5.74) is 1.84. The zero-order chi connectivity index (χ0) is 21.2. The maximum Gasteiger partial charge on any atom is 0.239 e. The number of carbonyl (C=O) groups is 2. The number of ether oxygens (including phenoxy) is 1. The van der Waals surface area contributed by atoms with E-state index in [0.717, 1.165) is 16.9 Å². The highest BCUT2D eigenvalue weighted by atomic mass is 16.5. The molecule has 0 aliphatic carbocycles. The molecule has 2 N–H and O–H groups in total. The Labute approximate surface area is 174 Å². The first kappa shape index (κ1) is 21.0. The van der Waals surface area contributed by atoms with Crippen molar-refractivity contribution in [2.75, 3.05) is 13.7 Å². The van der Waals surface area contributed by atoms with Gasteiger partial charge >= 0.3 is 0 Å². The maximum absolute atomic E-state index is 11.9. The van der Waals surface area contributed by atoms with Gasteiger partial charge in [0.05, 0.1) is 20.2 Å².